The highest BCUT2D eigenvalue weighted by molar-refractivity contribution is 6.42. The number of esters is 1. The van der Waals surface area contributed by atoms with Gasteiger partial charge in [0.1, 0.15) is 6.10 Å². The molecule has 1 saturated carbocycles. The zero-order valence-electron chi connectivity index (χ0n) is 12.7. The Morgan fingerprint density at radius 1 is 1.24 bits per heavy atom. The van der Waals surface area contributed by atoms with Crippen LogP contribution in [-0.2, 0) is 4.74 Å². The number of ether oxygens (including phenoxy) is 1. The molecule has 0 aromatic heterocycles. The molecule has 1 aliphatic rings. The van der Waals surface area contributed by atoms with Crippen LogP contribution in [0.3, 0.4) is 0 Å². The van der Waals surface area contributed by atoms with Crippen LogP contribution in [0.15, 0.2) is 18.2 Å². The Kier molecular flexibility index (Phi) is 5.56. The molecule has 116 valence electrons. The fourth-order valence-electron chi connectivity index (χ4n) is 3.08. The summed E-state index contributed by atoms with van der Waals surface area (Å²) in [5.74, 6) is 1.25. The second kappa shape index (κ2) is 7.02. The van der Waals surface area contributed by atoms with Crippen molar-refractivity contribution in [3.05, 3.63) is 33.8 Å². The molecule has 0 spiro atoms. The molecule has 1 aromatic carbocycles. The summed E-state index contributed by atoms with van der Waals surface area (Å²) in [6.07, 6.45) is 3.27. The third kappa shape index (κ3) is 4.14. The van der Waals surface area contributed by atoms with Gasteiger partial charge in [0.05, 0.1) is 15.6 Å². The predicted octanol–water partition coefficient (Wildman–Crippen LogP) is 5.61. The van der Waals surface area contributed by atoms with E-state index in [-0.39, 0.29) is 12.1 Å². The van der Waals surface area contributed by atoms with E-state index in [1.807, 2.05) is 0 Å². The first-order valence-electron chi connectivity index (χ1n) is 7.54. The normalized spacial score (nSPS) is 25.9. The van der Waals surface area contributed by atoms with Crippen LogP contribution < -0.4 is 0 Å². The first-order chi connectivity index (χ1) is 9.88. The molecular formula is C17H22Cl2O2. The first kappa shape index (κ1) is 16.6. The van der Waals surface area contributed by atoms with Gasteiger partial charge in [0.25, 0.3) is 0 Å². The number of hydrogen-bond acceptors (Lipinski definition) is 2. The molecule has 0 saturated heterocycles. The van der Waals surface area contributed by atoms with Crippen LogP contribution in [0.2, 0.25) is 10.0 Å². The Balaban J connectivity index is 2.10. The number of hydrogen-bond donors (Lipinski definition) is 0. The average molecular weight is 329 g/mol. The molecule has 1 fully saturated rings. The quantitative estimate of drug-likeness (QED) is 0.674. The number of carbonyl (C=O) groups excluding carboxylic acids is 1. The van der Waals surface area contributed by atoms with Crippen molar-refractivity contribution in [1.29, 1.82) is 0 Å². The summed E-state index contributed by atoms with van der Waals surface area (Å²) in [4.78, 5) is 12.3. The predicted molar refractivity (Wildman–Crippen MR) is 87.0 cm³/mol. The van der Waals surface area contributed by atoms with Crippen LogP contribution in [-0.4, -0.2) is 12.1 Å². The second-order valence-electron chi connectivity index (χ2n) is 6.40. The van der Waals surface area contributed by atoms with Gasteiger partial charge >= 0.3 is 5.97 Å². The molecular weight excluding hydrogens is 307 g/mol. The molecule has 21 heavy (non-hydrogen) atoms. The number of rotatable bonds is 3. The van der Waals surface area contributed by atoms with Gasteiger partial charge in [0, 0.05) is 0 Å². The van der Waals surface area contributed by atoms with Crippen LogP contribution >= 0.6 is 23.2 Å². The topological polar surface area (TPSA) is 26.3 Å². The molecule has 0 amide bonds. The standard InChI is InChI=1S/C17H22Cl2O2/c1-10(2)13-6-4-11(3)8-16(13)21-17(20)12-5-7-14(18)15(19)9-12/h5,7,9-11,13,16H,4,6,8H2,1-3H3/t11-,13-,16-/m1/s1. The van der Waals surface area contributed by atoms with Gasteiger partial charge in [-0.15, -0.1) is 0 Å². The summed E-state index contributed by atoms with van der Waals surface area (Å²) in [5.41, 5.74) is 0.463. The van der Waals surface area contributed by atoms with Crippen LogP contribution in [0.4, 0.5) is 0 Å². The highest BCUT2D eigenvalue weighted by Gasteiger charge is 2.33. The monoisotopic (exact) mass is 328 g/mol. The average Bonchev–Trinajstić information content (AvgIpc) is 2.41. The second-order valence-corrected chi connectivity index (χ2v) is 7.21. The van der Waals surface area contributed by atoms with E-state index in [0.29, 0.717) is 33.4 Å². The van der Waals surface area contributed by atoms with Gasteiger partial charge in [-0.1, -0.05) is 50.4 Å². The molecule has 3 atom stereocenters. The van der Waals surface area contributed by atoms with Crippen molar-refractivity contribution in [2.24, 2.45) is 17.8 Å². The SMILES string of the molecule is CC(C)[C@H]1CC[C@@H](C)C[C@H]1OC(=O)c1ccc(Cl)c(Cl)c1. The molecule has 0 aliphatic heterocycles. The van der Waals surface area contributed by atoms with Crippen molar-refractivity contribution in [2.75, 3.05) is 0 Å². The fourth-order valence-corrected chi connectivity index (χ4v) is 3.38. The van der Waals surface area contributed by atoms with E-state index >= 15 is 0 Å². The lowest BCUT2D eigenvalue weighted by Crippen LogP contribution is -2.35. The minimum absolute atomic E-state index is 0.00398. The Bertz CT molecular complexity index is 514. The minimum atomic E-state index is -0.307. The van der Waals surface area contributed by atoms with Crippen molar-refractivity contribution < 1.29 is 9.53 Å². The highest BCUT2D eigenvalue weighted by atomic mass is 35.5. The van der Waals surface area contributed by atoms with Crippen molar-refractivity contribution in [1.82, 2.24) is 0 Å². The van der Waals surface area contributed by atoms with Crippen LogP contribution in [0.1, 0.15) is 50.4 Å². The van der Waals surface area contributed by atoms with Crippen molar-refractivity contribution >= 4 is 29.2 Å². The first-order valence-corrected chi connectivity index (χ1v) is 8.30. The van der Waals surface area contributed by atoms with E-state index in [0.717, 1.165) is 12.8 Å². The Labute approximate surface area is 136 Å². The fraction of sp³-hybridized carbons (Fsp3) is 0.588. The Morgan fingerprint density at radius 3 is 2.57 bits per heavy atom. The van der Waals surface area contributed by atoms with E-state index in [2.05, 4.69) is 20.8 Å². The molecule has 0 bridgehead atoms. The largest absolute Gasteiger partial charge is 0.458 e. The van der Waals surface area contributed by atoms with Crippen molar-refractivity contribution in [3.8, 4) is 0 Å². The molecule has 1 aromatic rings. The number of benzene rings is 1. The third-order valence-corrected chi connectivity index (χ3v) is 5.11. The summed E-state index contributed by atoms with van der Waals surface area (Å²) >= 11 is 11.8. The molecule has 2 rings (SSSR count). The molecule has 0 heterocycles. The molecule has 0 unspecified atom stereocenters. The van der Waals surface area contributed by atoms with Gasteiger partial charge in [-0.2, -0.15) is 0 Å². The van der Waals surface area contributed by atoms with E-state index in [1.54, 1.807) is 18.2 Å². The maximum atomic E-state index is 12.3. The third-order valence-electron chi connectivity index (χ3n) is 4.38. The molecule has 2 nitrogen and oxygen atoms in total. The highest BCUT2D eigenvalue weighted by Crippen LogP contribution is 2.36. The van der Waals surface area contributed by atoms with E-state index in [9.17, 15) is 4.79 Å². The van der Waals surface area contributed by atoms with Crippen LogP contribution in [0.25, 0.3) is 0 Å². The lowest BCUT2D eigenvalue weighted by Gasteiger charge is -2.36. The smallest absolute Gasteiger partial charge is 0.338 e. The van der Waals surface area contributed by atoms with Crippen molar-refractivity contribution in [3.63, 3.8) is 0 Å². The summed E-state index contributed by atoms with van der Waals surface area (Å²) in [6.45, 7) is 6.61. The van der Waals surface area contributed by atoms with Crippen molar-refractivity contribution in [2.45, 2.75) is 46.1 Å². The zero-order valence-corrected chi connectivity index (χ0v) is 14.2. The summed E-state index contributed by atoms with van der Waals surface area (Å²) in [5, 5.41) is 0.822. The van der Waals surface area contributed by atoms with E-state index < -0.39 is 0 Å². The summed E-state index contributed by atoms with van der Waals surface area (Å²) in [7, 11) is 0. The van der Waals surface area contributed by atoms with Gasteiger partial charge in [-0.3, -0.25) is 0 Å². The van der Waals surface area contributed by atoms with Gasteiger partial charge < -0.3 is 4.74 Å². The summed E-state index contributed by atoms with van der Waals surface area (Å²) in [6, 6.07) is 4.86. The Hall–Kier alpha value is -0.730. The van der Waals surface area contributed by atoms with E-state index in [4.69, 9.17) is 27.9 Å². The maximum Gasteiger partial charge on any atom is 0.338 e. The van der Waals surface area contributed by atoms with Gasteiger partial charge in [0.2, 0.25) is 0 Å². The van der Waals surface area contributed by atoms with Crippen LogP contribution in [0.5, 0.6) is 0 Å². The molecule has 1 aliphatic carbocycles. The molecule has 4 heteroatoms. The van der Waals surface area contributed by atoms with Crippen LogP contribution in [0, 0.1) is 17.8 Å². The number of halogens is 2. The van der Waals surface area contributed by atoms with Gasteiger partial charge in [-0.25, -0.2) is 4.79 Å². The van der Waals surface area contributed by atoms with Gasteiger partial charge in [-0.05, 0) is 48.8 Å². The lowest BCUT2D eigenvalue weighted by molar-refractivity contribution is -0.0174. The number of carbonyl (C=O) groups is 1. The maximum absolute atomic E-state index is 12.3. The lowest BCUT2D eigenvalue weighted by atomic mass is 9.75. The van der Waals surface area contributed by atoms with E-state index in [1.165, 1.54) is 6.42 Å². The van der Waals surface area contributed by atoms with Gasteiger partial charge in [0.15, 0.2) is 0 Å². The Morgan fingerprint density at radius 2 is 1.95 bits per heavy atom. The summed E-state index contributed by atoms with van der Waals surface area (Å²) < 4.78 is 5.78. The minimum Gasteiger partial charge on any atom is -0.458 e. The molecule has 0 N–H and O–H groups in total. The molecule has 0 radical (unpaired) electrons. The zero-order chi connectivity index (χ0) is 15.6.